The molecule has 0 amide bonds. The number of anilines is 1. The summed E-state index contributed by atoms with van der Waals surface area (Å²) >= 11 is 0. The summed E-state index contributed by atoms with van der Waals surface area (Å²) in [7, 11) is 0. The molecule has 0 saturated carbocycles. The molecular formula is C18H19N. The van der Waals surface area contributed by atoms with E-state index in [9.17, 15) is 0 Å². The molecular weight excluding hydrogens is 230 g/mol. The third kappa shape index (κ3) is 2.63. The normalized spacial score (nSPS) is 11.9. The lowest BCUT2D eigenvalue weighted by Crippen LogP contribution is -2.02. The Bertz CT molecular complexity index is 607. The lowest BCUT2D eigenvalue weighted by molar-refractivity contribution is 1.05. The van der Waals surface area contributed by atoms with Crippen LogP contribution < -0.4 is 5.73 Å². The highest BCUT2D eigenvalue weighted by atomic mass is 14.6. The second-order valence-electron chi connectivity index (χ2n) is 5.08. The molecule has 0 radical (unpaired) electrons. The monoisotopic (exact) mass is 249 g/mol. The van der Waals surface area contributed by atoms with E-state index in [0.717, 1.165) is 27.9 Å². The van der Waals surface area contributed by atoms with Crippen molar-refractivity contribution in [2.24, 2.45) is 0 Å². The van der Waals surface area contributed by atoms with Crippen LogP contribution in [-0.4, -0.2) is 0 Å². The van der Waals surface area contributed by atoms with Crippen LogP contribution in [0.25, 0.3) is 0 Å². The summed E-state index contributed by atoms with van der Waals surface area (Å²) < 4.78 is 0. The van der Waals surface area contributed by atoms with Gasteiger partial charge in [-0.1, -0.05) is 47.9 Å². The third-order valence-corrected chi connectivity index (χ3v) is 3.53. The molecule has 2 aromatic rings. The number of rotatable bonds is 2. The average Bonchev–Trinajstić information content (AvgIpc) is 2.39. The van der Waals surface area contributed by atoms with E-state index < -0.39 is 0 Å². The molecule has 96 valence electrons. The van der Waals surface area contributed by atoms with Gasteiger partial charge >= 0.3 is 0 Å². The van der Waals surface area contributed by atoms with E-state index in [-0.39, 0.29) is 5.92 Å². The maximum absolute atomic E-state index is 6.00. The highest BCUT2D eigenvalue weighted by Crippen LogP contribution is 2.28. The fourth-order valence-corrected chi connectivity index (χ4v) is 2.32. The van der Waals surface area contributed by atoms with E-state index in [1.54, 1.807) is 0 Å². The van der Waals surface area contributed by atoms with Crippen molar-refractivity contribution in [2.75, 3.05) is 5.73 Å². The first-order chi connectivity index (χ1) is 9.02. The highest BCUT2D eigenvalue weighted by Gasteiger charge is 2.13. The molecule has 1 nitrogen and oxygen atoms in total. The Morgan fingerprint density at radius 3 is 1.95 bits per heavy atom. The lowest BCUT2D eigenvalue weighted by atomic mass is 9.89. The van der Waals surface area contributed by atoms with E-state index in [2.05, 4.69) is 49.2 Å². The maximum Gasteiger partial charge on any atom is 0.0699 e. The molecule has 1 unspecified atom stereocenters. The zero-order valence-corrected chi connectivity index (χ0v) is 11.7. The first kappa shape index (κ1) is 13.2. The minimum absolute atomic E-state index is 0.0152. The molecule has 2 N–H and O–H groups in total. The molecule has 0 fully saturated rings. The van der Waals surface area contributed by atoms with E-state index in [0.29, 0.717) is 0 Å². The van der Waals surface area contributed by atoms with Crippen LogP contribution in [-0.2, 0) is 0 Å². The smallest absolute Gasteiger partial charge is 0.0699 e. The van der Waals surface area contributed by atoms with E-state index >= 15 is 0 Å². The molecule has 0 saturated heterocycles. The largest absolute Gasteiger partial charge is 0.398 e. The van der Waals surface area contributed by atoms with Gasteiger partial charge in [-0.05, 0) is 43.0 Å². The molecule has 0 aromatic heterocycles. The van der Waals surface area contributed by atoms with Gasteiger partial charge < -0.3 is 5.73 Å². The van der Waals surface area contributed by atoms with Gasteiger partial charge in [-0.25, -0.2) is 0 Å². The van der Waals surface area contributed by atoms with Gasteiger partial charge in [0.1, 0.15) is 0 Å². The Morgan fingerprint density at radius 2 is 1.47 bits per heavy atom. The first-order valence-electron chi connectivity index (χ1n) is 6.42. The van der Waals surface area contributed by atoms with Gasteiger partial charge in [0.2, 0.25) is 0 Å². The second-order valence-corrected chi connectivity index (χ2v) is 5.08. The molecule has 0 aliphatic rings. The zero-order valence-electron chi connectivity index (χ0n) is 11.7. The fourth-order valence-electron chi connectivity index (χ4n) is 2.32. The van der Waals surface area contributed by atoms with Crippen molar-refractivity contribution in [2.45, 2.75) is 26.7 Å². The first-order valence-corrected chi connectivity index (χ1v) is 6.42. The highest BCUT2D eigenvalue weighted by molar-refractivity contribution is 5.56. The summed E-state index contributed by atoms with van der Waals surface area (Å²) in [5.74, 6) is 2.87. The number of aryl methyl sites for hydroxylation is 3. The summed E-state index contributed by atoms with van der Waals surface area (Å²) in [6.45, 7) is 6.12. The topological polar surface area (TPSA) is 26.0 Å². The summed E-state index contributed by atoms with van der Waals surface area (Å²) in [5, 5.41) is 0. The van der Waals surface area contributed by atoms with Crippen molar-refractivity contribution in [1.29, 1.82) is 0 Å². The van der Waals surface area contributed by atoms with Crippen molar-refractivity contribution in [3.8, 4) is 12.3 Å². The van der Waals surface area contributed by atoms with Crippen molar-refractivity contribution in [3.63, 3.8) is 0 Å². The van der Waals surface area contributed by atoms with Crippen molar-refractivity contribution >= 4 is 5.69 Å². The molecule has 0 heterocycles. The standard InChI is InChI=1S/C18H19N/c1-5-17(15-8-6-12(2)7-9-15)16-10-13(3)18(19)14(4)11-16/h1,6-11,17H,19H2,2-4H3. The minimum Gasteiger partial charge on any atom is -0.398 e. The van der Waals surface area contributed by atoms with Crippen LogP contribution in [0.15, 0.2) is 36.4 Å². The van der Waals surface area contributed by atoms with Gasteiger partial charge in [0.15, 0.2) is 0 Å². The Morgan fingerprint density at radius 1 is 0.947 bits per heavy atom. The molecule has 0 bridgehead atoms. The number of nitrogen functional groups attached to an aromatic ring is 1. The quantitative estimate of drug-likeness (QED) is 0.632. The summed E-state index contributed by atoms with van der Waals surface area (Å²) in [5.41, 5.74) is 12.5. The zero-order chi connectivity index (χ0) is 14.0. The summed E-state index contributed by atoms with van der Waals surface area (Å²) in [6.07, 6.45) is 5.73. The molecule has 2 rings (SSSR count). The molecule has 0 spiro atoms. The molecule has 0 aliphatic carbocycles. The van der Waals surface area contributed by atoms with E-state index in [1.165, 1.54) is 5.56 Å². The lowest BCUT2D eigenvalue weighted by Gasteiger charge is -2.15. The van der Waals surface area contributed by atoms with Gasteiger partial charge in [0, 0.05) is 5.69 Å². The Kier molecular flexibility index (Phi) is 3.62. The summed E-state index contributed by atoms with van der Waals surface area (Å²) in [6, 6.07) is 12.6. The molecule has 2 aromatic carbocycles. The van der Waals surface area contributed by atoms with Gasteiger partial charge in [-0.15, -0.1) is 6.42 Å². The number of nitrogens with two attached hydrogens (primary N) is 1. The van der Waals surface area contributed by atoms with Crippen molar-refractivity contribution in [3.05, 3.63) is 64.2 Å². The Labute approximate surface area is 115 Å². The molecule has 1 atom stereocenters. The Hall–Kier alpha value is -2.20. The van der Waals surface area contributed by atoms with Crippen molar-refractivity contribution in [1.82, 2.24) is 0 Å². The predicted molar refractivity (Wildman–Crippen MR) is 82.2 cm³/mol. The number of benzene rings is 2. The fraction of sp³-hybridized carbons (Fsp3) is 0.222. The van der Waals surface area contributed by atoms with Gasteiger partial charge in [0.25, 0.3) is 0 Å². The maximum atomic E-state index is 6.00. The molecule has 0 aliphatic heterocycles. The Balaban J connectivity index is 2.49. The van der Waals surface area contributed by atoms with Gasteiger partial charge in [-0.3, -0.25) is 0 Å². The summed E-state index contributed by atoms with van der Waals surface area (Å²) in [4.78, 5) is 0. The predicted octanol–water partition coefficient (Wildman–Crippen LogP) is 3.96. The van der Waals surface area contributed by atoms with Gasteiger partial charge in [-0.2, -0.15) is 0 Å². The van der Waals surface area contributed by atoms with Crippen LogP contribution >= 0.6 is 0 Å². The van der Waals surface area contributed by atoms with Crippen LogP contribution in [0.3, 0.4) is 0 Å². The van der Waals surface area contributed by atoms with Crippen molar-refractivity contribution < 1.29 is 0 Å². The number of hydrogen-bond acceptors (Lipinski definition) is 1. The molecule has 1 heteroatoms. The SMILES string of the molecule is C#CC(c1ccc(C)cc1)c1cc(C)c(N)c(C)c1. The molecule has 19 heavy (non-hydrogen) atoms. The van der Waals surface area contributed by atoms with Crippen LogP contribution in [0, 0.1) is 33.1 Å². The number of hydrogen-bond donors (Lipinski definition) is 1. The van der Waals surface area contributed by atoms with Crippen LogP contribution in [0.1, 0.15) is 33.7 Å². The minimum atomic E-state index is -0.0152. The average molecular weight is 249 g/mol. The van der Waals surface area contributed by atoms with Gasteiger partial charge in [0.05, 0.1) is 5.92 Å². The second kappa shape index (κ2) is 5.20. The van der Waals surface area contributed by atoms with Crippen LogP contribution in [0.5, 0.6) is 0 Å². The van der Waals surface area contributed by atoms with E-state index in [1.807, 2.05) is 13.8 Å². The van der Waals surface area contributed by atoms with Crippen LogP contribution in [0.2, 0.25) is 0 Å². The third-order valence-electron chi connectivity index (χ3n) is 3.53. The number of terminal acetylenes is 1. The van der Waals surface area contributed by atoms with E-state index in [4.69, 9.17) is 12.2 Å². The van der Waals surface area contributed by atoms with Crippen LogP contribution in [0.4, 0.5) is 5.69 Å².